The summed E-state index contributed by atoms with van der Waals surface area (Å²) < 4.78 is 5.78. The lowest BCUT2D eigenvalue weighted by Crippen LogP contribution is -2.37. The fraction of sp³-hybridized carbons (Fsp3) is 0.667. The van der Waals surface area contributed by atoms with Crippen LogP contribution in [0.2, 0.25) is 0 Å². The van der Waals surface area contributed by atoms with Gasteiger partial charge in [0, 0.05) is 30.1 Å². The maximum absolute atomic E-state index is 12.1. The number of amides is 1. The molecule has 0 aliphatic carbocycles. The van der Waals surface area contributed by atoms with Crippen molar-refractivity contribution in [3.05, 3.63) is 28.8 Å². The van der Waals surface area contributed by atoms with Gasteiger partial charge in [0.2, 0.25) is 5.91 Å². The highest BCUT2D eigenvalue weighted by Gasteiger charge is 2.27. The lowest BCUT2D eigenvalue weighted by molar-refractivity contribution is -0.121. The second-order valence-corrected chi connectivity index (χ2v) is 8.93. The Morgan fingerprint density at radius 1 is 1.12 bits per heavy atom. The van der Waals surface area contributed by atoms with E-state index in [1.165, 1.54) is 16.7 Å². The van der Waals surface area contributed by atoms with Crippen LogP contribution < -0.4 is 15.8 Å². The molecule has 0 radical (unpaired) electrons. The van der Waals surface area contributed by atoms with Crippen molar-refractivity contribution in [2.75, 3.05) is 13.7 Å². The number of nitrogens with two attached hydrogens (primary N) is 1. The number of carbonyl (C=O) groups is 1. The highest BCUT2D eigenvalue weighted by Crippen LogP contribution is 2.40. The smallest absolute Gasteiger partial charge is 0.220 e. The fourth-order valence-electron chi connectivity index (χ4n) is 2.83. The van der Waals surface area contributed by atoms with E-state index < -0.39 is 0 Å². The topological polar surface area (TPSA) is 64.3 Å². The van der Waals surface area contributed by atoms with E-state index in [1.807, 2.05) is 6.92 Å². The van der Waals surface area contributed by atoms with Crippen molar-refractivity contribution < 1.29 is 9.53 Å². The zero-order valence-corrected chi connectivity index (χ0v) is 17.2. The van der Waals surface area contributed by atoms with Crippen molar-refractivity contribution in [2.45, 2.75) is 78.2 Å². The number of ether oxygens (including phenoxy) is 1. The summed E-state index contributed by atoms with van der Waals surface area (Å²) in [4.78, 5) is 12.1. The Morgan fingerprint density at radius 2 is 1.60 bits per heavy atom. The molecule has 25 heavy (non-hydrogen) atoms. The minimum absolute atomic E-state index is 0.0126. The van der Waals surface area contributed by atoms with Gasteiger partial charge in [0.15, 0.2) is 0 Å². The minimum atomic E-state index is -0.0301. The molecule has 1 aromatic rings. The predicted octanol–water partition coefficient (Wildman–Crippen LogP) is 3.69. The van der Waals surface area contributed by atoms with E-state index in [4.69, 9.17) is 10.5 Å². The molecule has 0 bridgehead atoms. The van der Waals surface area contributed by atoms with Crippen LogP contribution >= 0.6 is 0 Å². The summed E-state index contributed by atoms with van der Waals surface area (Å²) in [6, 6.07) is 4.39. The van der Waals surface area contributed by atoms with Gasteiger partial charge < -0.3 is 15.8 Å². The summed E-state index contributed by atoms with van der Waals surface area (Å²) in [7, 11) is 1.74. The lowest BCUT2D eigenvalue weighted by atomic mass is 9.78. The zero-order valence-electron chi connectivity index (χ0n) is 17.2. The van der Waals surface area contributed by atoms with E-state index >= 15 is 0 Å². The third kappa shape index (κ3) is 6.03. The largest absolute Gasteiger partial charge is 0.496 e. The molecule has 1 rings (SSSR count). The average molecular weight is 349 g/mol. The zero-order chi connectivity index (χ0) is 19.4. The number of hydrogen-bond donors (Lipinski definition) is 2. The average Bonchev–Trinajstić information content (AvgIpc) is 2.50. The molecule has 4 heteroatoms. The van der Waals surface area contributed by atoms with Crippen molar-refractivity contribution in [1.29, 1.82) is 0 Å². The summed E-state index contributed by atoms with van der Waals surface area (Å²) in [5.41, 5.74) is 9.05. The van der Waals surface area contributed by atoms with Gasteiger partial charge in [-0.1, -0.05) is 53.7 Å². The Bertz CT molecular complexity index is 560. The van der Waals surface area contributed by atoms with Crippen LogP contribution in [0.4, 0.5) is 0 Å². The van der Waals surface area contributed by atoms with Crippen molar-refractivity contribution >= 4 is 5.91 Å². The molecule has 0 saturated carbocycles. The van der Waals surface area contributed by atoms with E-state index in [-0.39, 0.29) is 22.8 Å². The molecule has 3 N–H and O–H groups in total. The third-order valence-corrected chi connectivity index (χ3v) is 4.37. The van der Waals surface area contributed by atoms with Gasteiger partial charge in [-0.15, -0.1) is 0 Å². The molecule has 142 valence electrons. The first-order valence-corrected chi connectivity index (χ1v) is 9.11. The lowest BCUT2D eigenvalue weighted by Gasteiger charge is -2.30. The molecule has 1 amide bonds. The van der Waals surface area contributed by atoms with E-state index in [0.717, 1.165) is 5.75 Å². The van der Waals surface area contributed by atoms with Gasteiger partial charge in [-0.2, -0.15) is 0 Å². The highest BCUT2D eigenvalue weighted by molar-refractivity contribution is 5.76. The number of nitrogens with one attached hydrogen (secondary N) is 1. The number of benzene rings is 1. The van der Waals surface area contributed by atoms with Crippen LogP contribution in [0.3, 0.4) is 0 Å². The quantitative estimate of drug-likeness (QED) is 0.824. The van der Waals surface area contributed by atoms with Gasteiger partial charge in [-0.3, -0.25) is 4.79 Å². The molecule has 0 aliphatic heterocycles. The summed E-state index contributed by atoms with van der Waals surface area (Å²) in [6.07, 6.45) is 1.17. The molecular weight excluding hydrogens is 312 g/mol. The molecule has 0 aromatic heterocycles. The van der Waals surface area contributed by atoms with Crippen molar-refractivity contribution in [3.63, 3.8) is 0 Å². The van der Waals surface area contributed by atoms with Gasteiger partial charge in [-0.05, 0) is 29.7 Å². The SMILES string of the molecule is COc1c(C(C)(C)C)cc(CCC(=O)NC(C)CN)cc1C(C)(C)C. The van der Waals surface area contributed by atoms with Crippen molar-refractivity contribution in [1.82, 2.24) is 5.32 Å². The molecule has 0 aliphatic rings. The number of carbonyl (C=O) groups excluding carboxylic acids is 1. The van der Waals surface area contributed by atoms with E-state index in [9.17, 15) is 4.79 Å². The van der Waals surface area contributed by atoms with E-state index in [2.05, 4.69) is 59.0 Å². The highest BCUT2D eigenvalue weighted by atomic mass is 16.5. The van der Waals surface area contributed by atoms with Crippen molar-refractivity contribution in [2.24, 2.45) is 5.73 Å². The Morgan fingerprint density at radius 3 is 1.96 bits per heavy atom. The fourth-order valence-corrected chi connectivity index (χ4v) is 2.83. The maximum atomic E-state index is 12.1. The molecule has 0 spiro atoms. The first-order valence-electron chi connectivity index (χ1n) is 9.11. The van der Waals surface area contributed by atoms with Gasteiger partial charge in [0.1, 0.15) is 5.75 Å². The van der Waals surface area contributed by atoms with E-state index in [1.54, 1.807) is 7.11 Å². The third-order valence-electron chi connectivity index (χ3n) is 4.37. The van der Waals surface area contributed by atoms with E-state index in [0.29, 0.717) is 19.4 Å². The van der Waals surface area contributed by atoms with Gasteiger partial charge in [0.25, 0.3) is 0 Å². The molecule has 1 unspecified atom stereocenters. The van der Waals surface area contributed by atoms with Gasteiger partial charge in [0.05, 0.1) is 7.11 Å². The van der Waals surface area contributed by atoms with Gasteiger partial charge in [-0.25, -0.2) is 0 Å². The molecule has 1 aromatic carbocycles. The standard InChI is InChI=1S/C21H36N2O2/c1-14(13-22)23-18(24)10-9-15-11-16(20(2,3)4)19(25-8)17(12-15)21(5,6)7/h11-12,14H,9-10,13,22H2,1-8H3,(H,23,24). The monoisotopic (exact) mass is 348 g/mol. The number of hydrogen-bond acceptors (Lipinski definition) is 3. The summed E-state index contributed by atoms with van der Waals surface area (Å²) >= 11 is 0. The predicted molar refractivity (Wildman–Crippen MR) is 105 cm³/mol. The molecule has 0 heterocycles. The van der Waals surface area contributed by atoms with Crippen LogP contribution in [0.5, 0.6) is 5.75 Å². The second-order valence-electron chi connectivity index (χ2n) is 8.93. The number of rotatable bonds is 6. The van der Waals surface area contributed by atoms with Crippen LogP contribution in [0.15, 0.2) is 12.1 Å². The van der Waals surface area contributed by atoms with Crippen LogP contribution in [0, 0.1) is 0 Å². The first-order chi connectivity index (χ1) is 11.4. The van der Waals surface area contributed by atoms with Crippen LogP contribution in [0.25, 0.3) is 0 Å². The number of aryl methyl sites for hydroxylation is 1. The number of methoxy groups -OCH3 is 1. The van der Waals surface area contributed by atoms with Crippen molar-refractivity contribution in [3.8, 4) is 5.75 Å². The Hall–Kier alpha value is -1.55. The molecule has 0 fully saturated rings. The van der Waals surface area contributed by atoms with Crippen LogP contribution in [-0.4, -0.2) is 25.6 Å². The Kier molecular flexibility index (Phi) is 7.07. The second kappa shape index (κ2) is 8.22. The molecule has 4 nitrogen and oxygen atoms in total. The normalized spacial score (nSPS) is 13.5. The summed E-state index contributed by atoms with van der Waals surface area (Å²) in [5, 5.41) is 2.92. The maximum Gasteiger partial charge on any atom is 0.220 e. The first kappa shape index (κ1) is 21.5. The molecule has 0 saturated heterocycles. The summed E-state index contributed by atoms with van der Waals surface area (Å²) in [5.74, 6) is 1.01. The Labute approximate surface area is 153 Å². The molecule has 1 atom stereocenters. The minimum Gasteiger partial charge on any atom is -0.496 e. The summed E-state index contributed by atoms with van der Waals surface area (Å²) in [6.45, 7) is 15.5. The van der Waals surface area contributed by atoms with Gasteiger partial charge >= 0.3 is 0 Å². The van der Waals surface area contributed by atoms with Crippen LogP contribution in [0.1, 0.15) is 71.6 Å². The molecular formula is C21H36N2O2. The Balaban J connectivity index is 3.18. The van der Waals surface area contributed by atoms with Crippen LogP contribution in [-0.2, 0) is 22.0 Å².